The van der Waals surface area contributed by atoms with E-state index in [4.69, 9.17) is 11.6 Å². The van der Waals surface area contributed by atoms with Crippen molar-refractivity contribution in [2.75, 3.05) is 31.6 Å². The first-order chi connectivity index (χ1) is 7.74. The van der Waals surface area contributed by atoms with Crippen molar-refractivity contribution < 1.29 is 0 Å². The van der Waals surface area contributed by atoms with E-state index in [0.717, 1.165) is 12.5 Å². The zero-order valence-corrected chi connectivity index (χ0v) is 10.2. The minimum Gasteiger partial charge on any atom is -0.366 e. The summed E-state index contributed by atoms with van der Waals surface area (Å²) in [6.07, 6.45) is 3.20. The molecule has 3 rings (SSSR count). The molecule has 0 bridgehead atoms. The number of likely N-dealkylation sites (tertiary alicyclic amines) is 1. The number of fused-ring (bicyclic) bond motifs is 1. The third-order valence-corrected chi connectivity index (χ3v) is 4.00. The minimum absolute atomic E-state index is 0.572. The molecule has 1 aromatic heterocycles. The molecule has 3 nitrogen and oxygen atoms in total. The van der Waals surface area contributed by atoms with Gasteiger partial charge in [-0.05, 0) is 31.5 Å². The first-order valence-corrected chi connectivity index (χ1v) is 6.18. The number of hydrogen-bond donors (Lipinski definition) is 0. The Balaban J connectivity index is 1.83. The van der Waals surface area contributed by atoms with Crippen LogP contribution in [0.25, 0.3) is 0 Å². The molecule has 1 aromatic rings. The fourth-order valence-electron chi connectivity index (χ4n) is 3.03. The molecule has 2 aliphatic rings. The summed E-state index contributed by atoms with van der Waals surface area (Å²) < 4.78 is 0. The normalized spacial score (nSPS) is 29.8. The molecule has 0 aliphatic carbocycles. The van der Waals surface area contributed by atoms with E-state index in [2.05, 4.69) is 27.9 Å². The Kier molecular flexibility index (Phi) is 2.52. The Bertz CT molecular complexity index is 378. The van der Waals surface area contributed by atoms with Crippen LogP contribution in [0.15, 0.2) is 18.3 Å². The van der Waals surface area contributed by atoms with Crippen LogP contribution in [0.3, 0.4) is 0 Å². The van der Waals surface area contributed by atoms with Crippen LogP contribution in [0.1, 0.15) is 6.42 Å². The molecule has 0 amide bonds. The van der Waals surface area contributed by atoms with E-state index in [0.29, 0.717) is 11.2 Å². The van der Waals surface area contributed by atoms with Crippen molar-refractivity contribution in [3.63, 3.8) is 0 Å². The molecule has 86 valence electrons. The van der Waals surface area contributed by atoms with Gasteiger partial charge in [0.25, 0.3) is 0 Å². The van der Waals surface area contributed by atoms with Crippen LogP contribution < -0.4 is 4.90 Å². The van der Waals surface area contributed by atoms with Gasteiger partial charge in [0.15, 0.2) is 0 Å². The van der Waals surface area contributed by atoms with E-state index in [-0.39, 0.29) is 0 Å². The molecule has 4 heteroatoms. The van der Waals surface area contributed by atoms with Gasteiger partial charge in [-0.25, -0.2) is 4.98 Å². The highest BCUT2D eigenvalue weighted by Crippen LogP contribution is 2.34. The summed E-state index contributed by atoms with van der Waals surface area (Å²) in [7, 11) is 2.20. The molecule has 2 aliphatic heterocycles. The monoisotopic (exact) mass is 237 g/mol. The van der Waals surface area contributed by atoms with E-state index < -0.39 is 0 Å². The van der Waals surface area contributed by atoms with Gasteiger partial charge in [-0.15, -0.1) is 0 Å². The maximum Gasteiger partial charge on any atom is 0.129 e. The van der Waals surface area contributed by atoms with Crippen molar-refractivity contribution in [1.29, 1.82) is 0 Å². The van der Waals surface area contributed by atoms with Crippen LogP contribution in [0.2, 0.25) is 5.15 Å². The molecule has 3 heterocycles. The van der Waals surface area contributed by atoms with E-state index in [1.807, 2.05) is 12.3 Å². The SMILES string of the molecule is CN1CC2CCN(c3ccc(Cl)nc3)C2C1. The summed E-state index contributed by atoms with van der Waals surface area (Å²) in [5.41, 5.74) is 1.22. The van der Waals surface area contributed by atoms with E-state index >= 15 is 0 Å². The Morgan fingerprint density at radius 3 is 3.00 bits per heavy atom. The number of nitrogens with zero attached hydrogens (tertiary/aromatic N) is 3. The maximum absolute atomic E-state index is 5.81. The molecule has 0 saturated carbocycles. The zero-order valence-electron chi connectivity index (χ0n) is 9.43. The summed E-state index contributed by atoms with van der Waals surface area (Å²) in [5, 5.41) is 0.572. The molecule has 0 aromatic carbocycles. The minimum atomic E-state index is 0.572. The summed E-state index contributed by atoms with van der Waals surface area (Å²) >= 11 is 5.81. The predicted molar refractivity (Wildman–Crippen MR) is 66.0 cm³/mol. The molecule has 2 saturated heterocycles. The van der Waals surface area contributed by atoms with Gasteiger partial charge >= 0.3 is 0 Å². The molecule has 0 N–H and O–H groups in total. The van der Waals surface area contributed by atoms with Crippen LogP contribution >= 0.6 is 11.6 Å². The Labute approximate surface area is 101 Å². The average molecular weight is 238 g/mol. The lowest BCUT2D eigenvalue weighted by atomic mass is 10.1. The van der Waals surface area contributed by atoms with Crippen LogP contribution in [-0.2, 0) is 0 Å². The number of anilines is 1. The van der Waals surface area contributed by atoms with Gasteiger partial charge in [0.2, 0.25) is 0 Å². The van der Waals surface area contributed by atoms with E-state index in [9.17, 15) is 0 Å². The molecule has 0 spiro atoms. The number of pyridine rings is 1. The van der Waals surface area contributed by atoms with E-state index in [1.165, 1.54) is 25.2 Å². The lowest BCUT2D eigenvalue weighted by molar-refractivity contribution is 0.386. The second kappa shape index (κ2) is 3.90. The standard InChI is InChI=1S/C12H16ClN3/c1-15-7-9-4-5-16(11(9)8-15)10-2-3-12(13)14-6-10/h2-3,6,9,11H,4-5,7-8H2,1H3. The topological polar surface area (TPSA) is 19.4 Å². The quantitative estimate of drug-likeness (QED) is 0.696. The zero-order chi connectivity index (χ0) is 11.1. The van der Waals surface area contributed by atoms with Gasteiger partial charge in [0.05, 0.1) is 11.9 Å². The van der Waals surface area contributed by atoms with Crippen molar-refractivity contribution in [1.82, 2.24) is 9.88 Å². The fourth-order valence-corrected chi connectivity index (χ4v) is 3.14. The largest absolute Gasteiger partial charge is 0.366 e. The predicted octanol–water partition coefficient (Wildman–Crippen LogP) is 1.88. The Morgan fingerprint density at radius 1 is 1.38 bits per heavy atom. The fraction of sp³-hybridized carbons (Fsp3) is 0.583. The van der Waals surface area contributed by atoms with Crippen molar-refractivity contribution in [3.05, 3.63) is 23.5 Å². The van der Waals surface area contributed by atoms with Crippen LogP contribution in [0.4, 0.5) is 5.69 Å². The highest BCUT2D eigenvalue weighted by molar-refractivity contribution is 6.29. The van der Waals surface area contributed by atoms with Gasteiger partial charge < -0.3 is 9.80 Å². The average Bonchev–Trinajstić information content (AvgIpc) is 2.78. The van der Waals surface area contributed by atoms with Crippen molar-refractivity contribution in [3.8, 4) is 0 Å². The third kappa shape index (κ3) is 1.68. The van der Waals surface area contributed by atoms with Crippen molar-refractivity contribution in [2.24, 2.45) is 5.92 Å². The summed E-state index contributed by atoms with van der Waals surface area (Å²) in [4.78, 5) is 9.07. The molecule has 0 radical (unpaired) electrons. The Morgan fingerprint density at radius 2 is 2.25 bits per heavy atom. The molecule has 2 fully saturated rings. The van der Waals surface area contributed by atoms with Gasteiger partial charge in [-0.2, -0.15) is 0 Å². The number of likely N-dealkylation sites (N-methyl/N-ethyl adjacent to an activating group) is 1. The van der Waals surface area contributed by atoms with Gasteiger partial charge in [-0.3, -0.25) is 0 Å². The first kappa shape index (κ1) is 10.4. The van der Waals surface area contributed by atoms with Crippen LogP contribution in [0, 0.1) is 5.92 Å². The summed E-state index contributed by atoms with van der Waals surface area (Å²) in [6, 6.07) is 4.63. The molecule has 2 unspecified atom stereocenters. The van der Waals surface area contributed by atoms with Gasteiger partial charge in [0, 0.05) is 25.7 Å². The Hall–Kier alpha value is -0.800. The first-order valence-electron chi connectivity index (χ1n) is 5.81. The lowest BCUT2D eigenvalue weighted by Gasteiger charge is -2.25. The highest BCUT2D eigenvalue weighted by atomic mass is 35.5. The number of hydrogen-bond acceptors (Lipinski definition) is 3. The molecule has 2 atom stereocenters. The molecular weight excluding hydrogens is 222 g/mol. The maximum atomic E-state index is 5.81. The lowest BCUT2D eigenvalue weighted by Crippen LogP contribution is -2.34. The van der Waals surface area contributed by atoms with E-state index in [1.54, 1.807) is 0 Å². The van der Waals surface area contributed by atoms with Gasteiger partial charge in [0.1, 0.15) is 5.15 Å². The van der Waals surface area contributed by atoms with Crippen molar-refractivity contribution in [2.45, 2.75) is 12.5 Å². The highest BCUT2D eigenvalue weighted by Gasteiger charge is 2.39. The summed E-state index contributed by atoms with van der Waals surface area (Å²) in [6.45, 7) is 3.57. The van der Waals surface area contributed by atoms with Crippen molar-refractivity contribution >= 4 is 17.3 Å². The number of aromatic nitrogens is 1. The number of rotatable bonds is 1. The van der Waals surface area contributed by atoms with Crippen LogP contribution in [0.5, 0.6) is 0 Å². The second-order valence-electron chi connectivity index (χ2n) is 4.87. The smallest absolute Gasteiger partial charge is 0.129 e. The van der Waals surface area contributed by atoms with Gasteiger partial charge in [-0.1, -0.05) is 11.6 Å². The summed E-state index contributed by atoms with van der Waals surface area (Å²) in [5.74, 6) is 0.834. The molecule has 16 heavy (non-hydrogen) atoms. The number of halogens is 1. The second-order valence-corrected chi connectivity index (χ2v) is 5.26. The third-order valence-electron chi connectivity index (χ3n) is 3.77. The molecular formula is C12H16ClN3. The van der Waals surface area contributed by atoms with Crippen LogP contribution in [-0.4, -0.2) is 42.6 Å².